The van der Waals surface area contributed by atoms with Crippen LogP contribution in [-0.2, 0) is 4.74 Å². The predicted octanol–water partition coefficient (Wildman–Crippen LogP) is 2.37. The van der Waals surface area contributed by atoms with Crippen molar-refractivity contribution in [2.75, 3.05) is 13.2 Å². The molecule has 2 heterocycles. The fourth-order valence-corrected chi connectivity index (χ4v) is 2.79. The maximum absolute atomic E-state index is 13.9. The third-order valence-electron chi connectivity index (χ3n) is 3.64. The number of hydrogen-bond acceptors (Lipinski definition) is 3. The molecule has 1 aromatic rings. The van der Waals surface area contributed by atoms with Crippen molar-refractivity contribution >= 4 is 0 Å². The molecule has 0 aromatic heterocycles. The molecule has 1 aromatic carbocycles. The molecule has 0 spiro atoms. The molecule has 5 heteroatoms. The molecule has 18 heavy (non-hydrogen) atoms. The van der Waals surface area contributed by atoms with Gasteiger partial charge in [0, 0.05) is 24.0 Å². The smallest absolute Gasteiger partial charge is 0.165 e. The van der Waals surface area contributed by atoms with E-state index in [1.54, 1.807) is 0 Å². The van der Waals surface area contributed by atoms with Crippen LogP contribution in [0, 0.1) is 28.9 Å². The van der Waals surface area contributed by atoms with E-state index in [0.717, 1.165) is 12.1 Å². The van der Waals surface area contributed by atoms with Gasteiger partial charge in [0.15, 0.2) is 17.7 Å². The van der Waals surface area contributed by atoms with E-state index in [0.29, 0.717) is 13.0 Å². The van der Waals surface area contributed by atoms with Crippen LogP contribution >= 0.6 is 0 Å². The molecule has 0 amide bonds. The number of ether oxygens (including phenoxy) is 2. The van der Waals surface area contributed by atoms with Gasteiger partial charge < -0.3 is 9.47 Å². The van der Waals surface area contributed by atoms with Gasteiger partial charge in [-0.2, -0.15) is 5.26 Å². The lowest BCUT2D eigenvalue weighted by Gasteiger charge is -2.39. The van der Waals surface area contributed by atoms with Crippen molar-refractivity contribution in [2.45, 2.75) is 18.4 Å². The fourth-order valence-electron chi connectivity index (χ4n) is 2.79. The van der Waals surface area contributed by atoms with Crippen molar-refractivity contribution in [2.24, 2.45) is 5.92 Å². The molecular weight excluding hydrogens is 240 g/mol. The molecule has 1 fully saturated rings. The predicted molar refractivity (Wildman–Crippen MR) is 58.1 cm³/mol. The molecular formula is C13H11F2NO2. The number of benzene rings is 1. The Morgan fingerprint density at radius 3 is 2.83 bits per heavy atom. The minimum absolute atomic E-state index is 0.00478. The van der Waals surface area contributed by atoms with Crippen molar-refractivity contribution in [3.63, 3.8) is 0 Å². The van der Waals surface area contributed by atoms with Crippen LogP contribution in [0.3, 0.4) is 0 Å². The first kappa shape index (κ1) is 11.4. The van der Waals surface area contributed by atoms with Crippen LogP contribution in [0.25, 0.3) is 0 Å². The number of halogens is 2. The molecule has 0 saturated carbocycles. The van der Waals surface area contributed by atoms with E-state index < -0.39 is 17.7 Å². The summed E-state index contributed by atoms with van der Waals surface area (Å²) in [6.07, 6.45) is -0.0286. The van der Waals surface area contributed by atoms with Gasteiger partial charge in [0.1, 0.15) is 5.82 Å². The summed E-state index contributed by atoms with van der Waals surface area (Å²) < 4.78 is 38.1. The SMILES string of the molecule is N#CC1OCCC2c3c(F)ccc(F)c3OCC12. The third-order valence-corrected chi connectivity index (χ3v) is 3.64. The van der Waals surface area contributed by atoms with E-state index in [1.165, 1.54) is 0 Å². The zero-order valence-electron chi connectivity index (χ0n) is 9.53. The molecule has 0 radical (unpaired) electrons. The van der Waals surface area contributed by atoms with Crippen LogP contribution in [0.2, 0.25) is 0 Å². The molecule has 3 rings (SSSR count). The van der Waals surface area contributed by atoms with Gasteiger partial charge in [-0.05, 0) is 18.6 Å². The van der Waals surface area contributed by atoms with Crippen LogP contribution in [0.4, 0.5) is 8.78 Å². The van der Waals surface area contributed by atoms with Gasteiger partial charge in [-0.1, -0.05) is 0 Å². The molecule has 3 unspecified atom stereocenters. The summed E-state index contributed by atoms with van der Waals surface area (Å²) in [5.74, 6) is -1.46. The molecule has 2 aliphatic heterocycles. The highest BCUT2D eigenvalue weighted by atomic mass is 19.1. The van der Waals surface area contributed by atoms with Crippen LogP contribution in [-0.4, -0.2) is 19.3 Å². The quantitative estimate of drug-likeness (QED) is 0.711. The zero-order chi connectivity index (χ0) is 12.7. The van der Waals surface area contributed by atoms with Crippen LogP contribution in [0.1, 0.15) is 17.9 Å². The molecule has 0 aliphatic carbocycles. The number of rotatable bonds is 0. The average molecular weight is 251 g/mol. The van der Waals surface area contributed by atoms with Crippen LogP contribution in [0.15, 0.2) is 12.1 Å². The third kappa shape index (κ3) is 1.57. The lowest BCUT2D eigenvalue weighted by atomic mass is 9.77. The van der Waals surface area contributed by atoms with E-state index in [-0.39, 0.29) is 29.8 Å². The van der Waals surface area contributed by atoms with Gasteiger partial charge in [0.2, 0.25) is 0 Å². The maximum Gasteiger partial charge on any atom is 0.165 e. The zero-order valence-corrected chi connectivity index (χ0v) is 9.53. The number of nitrogens with zero attached hydrogens (tertiary/aromatic N) is 1. The van der Waals surface area contributed by atoms with Gasteiger partial charge in [-0.3, -0.25) is 0 Å². The monoisotopic (exact) mass is 251 g/mol. The first-order chi connectivity index (χ1) is 8.72. The average Bonchev–Trinajstić information content (AvgIpc) is 2.41. The first-order valence-electron chi connectivity index (χ1n) is 5.84. The Bertz CT molecular complexity index is 526. The van der Waals surface area contributed by atoms with E-state index in [9.17, 15) is 8.78 Å². The molecule has 0 bridgehead atoms. The van der Waals surface area contributed by atoms with Crippen molar-refractivity contribution in [1.82, 2.24) is 0 Å². The van der Waals surface area contributed by atoms with Gasteiger partial charge in [-0.25, -0.2) is 8.78 Å². The fraction of sp³-hybridized carbons (Fsp3) is 0.462. The Hall–Kier alpha value is -1.67. The van der Waals surface area contributed by atoms with Gasteiger partial charge in [0.25, 0.3) is 0 Å². The van der Waals surface area contributed by atoms with Crippen molar-refractivity contribution in [3.8, 4) is 11.8 Å². The highest BCUT2D eigenvalue weighted by Crippen LogP contribution is 2.45. The van der Waals surface area contributed by atoms with Crippen LogP contribution in [0.5, 0.6) is 5.75 Å². The molecule has 0 N–H and O–H groups in total. The second-order valence-electron chi connectivity index (χ2n) is 4.56. The highest BCUT2D eigenvalue weighted by Gasteiger charge is 2.42. The minimum atomic E-state index is -0.612. The van der Waals surface area contributed by atoms with Crippen LogP contribution < -0.4 is 4.74 Å². The lowest BCUT2D eigenvalue weighted by Crippen LogP contribution is -2.41. The summed E-state index contributed by atoms with van der Waals surface area (Å²) in [6, 6.07) is 4.22. The van der Waals surface area contributed by atoms with E-state index in [1.807, 2.05) is 6.07 Å². The maximum atomic E-state index is 13.9. The van der Waals surface area contributed by atoms with Crippen molar-refractivity contribution in [1.29, 1.82) is 5.26 Å². The second-order valence-corrected chi connectivity index (χ2v) is 4.56. The standard InChI is InChI=1S/C13H11F2NO2/c14-9-1-2-10(15)13-12(9)7-3-4-17-11(5-16)8(7)6-18-13/h1-2,7-8,11H,3-4,6H2. The normalized spacial score (nSPS) is 29.7. The minimum Gasteiger partial charge on any atom is -0.490 e. The van der Waals surface area contributed by atoms with Crippen molar-refractivity contribution < 1.29 is 18.3 Å². The lowest BCUT2D eigenvalue weighted by molar-refractivity contribution is -0.0310. The molecule has 2 aliphatic rings. The van der Waals surface area contributed by atoms with Crippen molar-refractivity contribution in [3.05, 3.63) is 29.3 Å². The topological polar surface area (TPSA) is 42.2 Å². The Morgan fingerprint density at radius 1 is 1.28 bits per heavy atom. The number of hydrogen-bond donors (Lipinski definition) is 0. The largest absolute Gasteiger partial charge is 0.490 e. The summed E-state index contributed by atoms with van der Waals surface area (Å²) in [4.78, 5) is 0. The molecule has 94 valence electrons. The highest BCUT2D eigenvalue weighted by molar-refractivity contribution is 5.41. The van der Waals surface area contributed by atoms with Gasteiger partial charge in [-0.15, -0.1) is 0 Å². The Labute approximate surface area is 103 Å². The summed E-state index contributed by atoms with van der Waals surface area (Å²) >= 11 is 0. The Morgan fingerprint density at radius 2 is 2.06 bits per heavy atom. The first-order valence-corrected chi connectivity index (χ1v) is 5.84. The number of fused-ring (bicyclic) bond motifs is 3. The Kier molecular flexibility index (Phi) is 2.67. The summed E-state index contributed by atoms with van der Waals surface area (Å²) in [5, 5.41) is 9.00. The van der Waals surface area contributed by atoms with E-state index >= 15 is 0 Å². The summed E-state index contributed by atoms with van der Waals surface area (Å²) in [5.41, 5.74) is 0.259. The molecule has 3 nitrogen and oxygen atoms in total. The molecule has 3 atom stereocenters. The summed E-state index contributed by atoms with van der Waals surface area (Å²) in [6.45, 7) is 0.574. The summed E-state index contributed by atoms with van der Waals surface area (Å²) in [7, 11) is 0. The second kappa shape index (κ2) is 4.21. The van der Waals surface area contributed by atoms with Gasteiger partial charge >= 0.3 is 0 Å². The molecule has 1 saturated heterocycles. The van der Waals surface area contributed by atoms with E-state index in [2.05, 4.69) is 0 Å². The van der Waals surface area contributed by atoms with Gasteiger partial charge in [0.05, 0.1) is 12.7 Å². The van der Waals surface area contributed by atoms with E-state index in [4.69, 9.17) is 14.7 Å². The number of nitriles is 1. The Balaban J connectivity index is 2.08.